The number of hydrogen-bond donors (Lipinski definition) is 2. The van der Waals surface area contributed by atoms with Crippen LogP contribution < -0.4 is 4.74 Å². The van der Waals surface area contributed by atoms with E-state index in [-0.39, 0.29) is 22.7 Å². The van der Waals surface area contributed by atoms with Gasteiger partial charge in [0.15, 0.2) is 17.7 Å². The second kappa shape index (κ2) is 7.48. The molecule has 1 aromatic heterocycles. The zero-order valence-electron chi connectivity index (χ0n) is 14.8. The number of rotatable bonds is 4. The maximum atomic E-state index is 12.9. The fourth-order valence-corrected chi connectivity index (χ4v) is 3.33. The largest absolute Gasteiger partial charge is 0.507 e. The van der Waals surface area contributed by atoms with Crippen molar-refractivity contribution in [3.63, 3.8) is 0 Å². The normalized spacial score (nSPS) is 16.7. The lowest BCUT2D eigenvalue weighted by atomic mass is 10.1. The highest BCUT2D eigenvalue weighted by Crippen LogP contribution is 2.36. The molecular formula is C18H19ClN2O6. The minimum atomic E-state index is -1.47. The van der Waals surface area contributed by atoms with Gasteiger partial charge in [-0.15, -0.1) is 0 Å². The minimum Gasteiger partial charge on any atom is -0.505 e. The van der Waals surface area contributed by atoms with Gasteiger partial charge < -0.3 is 24.6 Å². The number of carbonyl (C=O) groups is 2. The quantitative estimate of drug-likeness (QED) is 0.601. The van der Waals surface area contributed by atoms with Crippen LogP contribution in [0.25, 0.3) is 10.8 Å². The summed E-state index contributed by atoms with van der Waals surface area (Å²) in [5.41, 5.74) is -0.255. The Morgan fingerprint density at radius 3 is 2.74 bits per heavy atom. The van der Waals surface area contributed by atoms with E-state index in [0.717, 1.165) is 0 Å². The van der Waals surface area contributed by atoms with E-state index in [1.807, 2.05) is 13.8 Å². The zero-order chi connectivity index (χ0) is 19.7. The number of hydrogen-bond acceptors (Lipinski definition) is 6. The number of nitrogens with zero attached hydrogens (tertiary/aromatic N) is 2. The van der Waals surface area contributed by atoms with Crippen molar-refractivity contribution >= 4 is 34.4 Å². The Balaban J connectivity index is 2.02. The molecule has 1 aromatic carbocycles. The van der Waals surface area contributed by atoms with Gasteiger partial charge in [0.1, 0.15) is 10.9 Å². The first kappa shape index (κ1) is 19.0. The first-order valence-electron chi connectivity index (χ1n) is 8.47. The molecule has 2 aromatic rings. The fourth-order valence-electron chi connectivity index (χ4n) is 3.08. The van der Waals surface area contributed by atoms with Crippen molar-refractivity contribution < 1.29 is 29.3 Å². The molecule has 0 saturated carbocycles. The van der Waals surface area contributed by atoms with E-state index < -0.39 is 18.3 Å². The fraction of sp³-hybridized carbons (Fsp3) is 0.389. The second-order valence-electron chi connectivity index (χ2n) is 6.45. The minimum absolute atomic E-state index is 0.0529. The predicted octanol–water partition coefficient (Wildman–Crippen LogP) is 3.64. The molecular weight excluding hydrogens is 376 g/mol. The molecule has 1 aliphatic heterocycles. The van der Waals surface area contributed by atoms with Crippen LogP contribution in [0.4, 0.5) is 4.79 Å². The standard InChI is InChI=1S/C18H19ClN2O6/c1-9(2)26-10-5-6-11-12(8-10)15(22)14(20-16(11)19)17(23)21-7-3-4-13(21)27-18(24)25/h5-6,8-9,13,22H,3-4,7H2,1-2H3,(H,24,25)/t13-/m0/s1. The van der Waals surface area contributed by atoms with Crippen molar-refractivity contribution in [1.29, 1.82) is 0 Å². The number of aromatic hydroxyl groups is 1. The summed E-state index contributed by atoms with van der Waals surface area (Å²) >= 11 is 6.20. The van der Waals surface area contributed by atoms with Crippen LogP contribution in [0.15, 0.2) is 18.2 Å². The lowest BCUT2D eigenvalue weighted by Gasteiger charge is -2.23. The summed E-state index contributed by atoms with van der Waals surface area (Å²) in [6, 6.07) is 4.95. The lowest BCUT2D eigenvalue weighted by molar-refractivity contribution is -0.00737. The van der Waals surface area contributed by atoms with Crippen molar-refractivity contribution in [2.45, 2.75) is 39.0 Å². The molecule has 1 atom stereocenters. The highest BCUT2D eigenvalue weighted by molar-refractivity contribution is 6.35. The zero-order valence-corrected chi connectivity index (χ0v) is 15.6. The van der Waals surface area contributed by atoms with Gasteiger partial charge in [-0.3, -0.25) is 4.79 Å². The number of amides is 1. The van der Waals surface area contributed by atoms with Crippen LogP contribution in [-0.4, -0.2) is 51.0 Å². The van der Waals surface area contributed by atoms with Gasteiger partial charge in [0.2, 0.25) is 0 Å². The number of ether oxygens (including phenoxy) is 2. The van der Waals surface area contributed by atoms with E-state index in [2.05, 4.69) is 4.98 Å². The highest BCUT2D eigenvalue weighted by Gasteiger charge is 2.34. The van der Waals surface area contributed by atoms with Crippen LogP contribution in [0.2, 0.25) is 5.15 Å². The van der Waals surface area contributed by atoms with Gasteiger partial charge in [-0.25, -0.2) is 9.78 Å². The molecule has 8 nitrogen and oxygen atoms in total. The summed E-state index contributed by atoms with van der Waals surface area (Å²) in [7, 11) is 0. The molecule has 1 fully saturated rings. The molecule has 0 aliphatic carbocycles. The number of benzene rings is 1. The van der Waals surface area contributed by atoms with Gasteiger partial charge in [0.25, 0.3) is 5.91 Å². The molecule has 27 heavy (non-hydrogen) atoms. The number of halogens is 1. The molecule has 9 heteroatoms. The first-order valence-corrected chi connectivity index (χ1v) is 8.85. The topological polar surface area (TPSA) is 109 Å². The summed E-state index contributed by atoms with van der Waals surface area (Å²) in [5, 5.41) is 20.3. The SMILES string of the molecule is CC(C)Oc1ccc2c(Cl)nc(C(=O)N3CCC[C@@H]3OC(=O)O)c(O)c2c1. The Bertz CT molecular complexity index is 901. The molecule has 0 unspecified atom stereocenters. The van der Waals surface area contributed by atoms with Gasteiger partial charge in [-0.1, -0.05) is 11.6 Å². The second-order valence-corrected chi connectivity index (χ2v) is 6.81. The third kappa shape index (κ3) is 3.85. The van der Waals surface area contributed by atoms with Gasteiger partial charge in [-0.2, -0.15) is 0 Å². The third-order valence-electron chi connectivity index (χ3n) is 4.17. The maximum Gasteiger partial charge on any atom is 0.507 e. The Kier molecular flexibility index (Phi) is 5.27. The molecule has 2 N–H and O–H groups in total. The molecule has 0 spiro atoms. The molecule has 1 saturated heterocycles. The van der Waals surface area contributed by atoms with E-state index in [9.17, 15) is 14.7 Å². The highest BCUT2D eigenvalue weighted by atomic mass is 35.5. The number of aromatic nitrogens is 1. The molecule has 3 rings (SSSR count). The first-order chi connectivity index (χ1) is 12.8. The summed E-state index contributed by atoms with van der Waals surface area (Å²) in [5.74, 6) is -0.466. The number of pyridine rings is 1. The molecule has 1 aliphatic rings. The molecule has 144 valence electrons. The smallest absolute Gasteiger partial charge is 0.505 e. The van der Waals surface area contributed by atoms with Crippen LogP contribution in [0.5, 0.6) is 11.5 Å². The van der Waals surface area contributed by atoms with E-state index in [1.54, 1.807) is 18.2 Å². The van der Waals surface area contributed by atoms with E-state index in [0.29, 0.717) is 35.9 Å². The molecule has 0 bridgehead atoms. The van der Waals surface area contributed by atoms with E-state index >= 15 is 0 Å². The Hall–Kier alpha value is -2.74. The predicted molar refractivity (Wildman–Crippen MR) is 97.4 cm³/mol. The number of likely N-dealkylation sites (tertiary alicyclic amines) is 1. The Labute approximate surface area is 160 Å². The van der Waals surface area contributed by atoms with Crippen LogP contribution in [0.1, 0.15) is 37.2 Å². The van der Waals surface area contributed by atoms with Crippen LogP contribution >= 0.6 is 11.6 Å². The lowest BCUT2D eigenvalue weighted by Crippen LogP contribution is -2.38. The molecule has 1 amide bonds. The summed E-state index contributed by atoms with van der Waals surface area (Å²) in [6.45, 7) is 4.03. The third-order valence-corrected chi connectivity index (χ3v) is 4.46. The van der Waals surface area contributed by atoms with Crippen LogP contribution in [0.3, 0.4) is 0 Å². The number of fused-ring (bicyclic) bond motifs is 1. The van der Waals surface area contributed by atoms with E-state index in [1.165, 1.54) is 4.90 Å². The summed E-state index contributed by atoms with van der Waals surface area (Å²) < 4.78 is 10.4. The summed E-state index contributed by atoms with van der Waals surface area (Å²) in [6.07, 6.45) is -1.49. The van der Waals surface area contributed by atoms with Crippen LogP contribution in [-0.2, 0) is 4.74 Å². The van der Waals surface area contributed by atoms with Crippen molar-refractivity contribution in [1.82, 2.24) is 9.88 Å². The van der Waals surface area contributed by atoms with Crippen molar-refractivity contribution in [2.24, 2.45) is 0 Å². The monoisotopic (exact) mass is 394 g/mol. The number of carboxylic acid groups (broad SMARTS) is 1. The van der Waals surface area contributed by atoms with Crippen molar-refractivity contribution in [3.8, 4) is 11.5 Å². The van der Waals surface area contributed by atoms with Gasteiger partial charge in [-0.05, 0) is 38.5 Å². The molecule has 0 radical (unpaired) electrons. The average Bonchev–Trinajstić information content (AvgIpc) is 3.04. The average molecular weight is 395 g/mol. The summed E-state index contributed by atoms with van der Waals surface area (Å²) in [4.78, 5) is 28.9. The Morgan fingerprint density at radius 1 is 1.33 bits per heavy atom. The number of carbonyl (C=O) groups excluding carboxylic acids is 1. The molecule has 2 heterocycles. The van der Waals surface area contributed by atoms with Gasteiger partial charge in [0.05, 0.1) is 6.10 Å². The van der Waals surface area contributed by atoms with E-state index in [4.69, 9.17) is 26.2 Å². The maximum absolute atomic E-state index is 12.9. The van der Waals surface area contributed by atoms with Crippen molar-refractivity contribution in [3.05, 3.63) is 29.0 Å². The van der Waals surface area contributed by atoms with Gasteiger partial charge in [0, 0.05) is 23.7 Å². The van der Waals surface area contributed by atoms with Gasteiger partial charge >= 0.3 is 6.16 Å². The van der Waals surface area contributed by atoms with Crippen LogP contribution in [0, 0.1) is 0 Å². The van der Waals surface area contributed by atoms with Crippen molar-refractivity contribution in [2.75, 3.05) is 6.54 Å². The Morgan fingerprint density at radius 2 is 2.07 bits per heavy atom.